The van der Waals surface area contributed by atoms with Gasteiger partial charge in [0.05, 0.1) is 0 Å². The predicted octanol–water partition coefficient (Wildman–Crippen LogP) is 21.5. The molecule has 0 aliphatic heterocycles. The molecule has 0 aliphatic rings. The molecule has 0 aliphatic carbocycles. The average molecular weight is 1060 g/mol. The van der Waals surface area contributed by atoms with Gasteiger partial charge in [0.2, 0.25) is 0 Å². The zero-order chi connectivity index (χ0) is 55.7. The van der Waals surface area contributed by atoms with Gasteiger partial charge >= 0.3 is 17.9 Å². The second-order valence-corrected chi connectivity index (χ2v) is 20.2. The first-order chi connectivity index (χ1) is 38.0. The van der Waals surface area contributed by atoms with Crippen LogP contribution in [0.15, 0.2) is 146 Å². The molecule has 0 N–H and O–H groups in total. The van der Waals surface area contributed by atoms with E-state index in [1.165, 1.54) is 64.2 Å². The van der Waals surface area contributed by atoms with E-state index in [-0.39, 0.29) is 31.1 Å². The first-order valence-electron chi connectivity index (χ1n) is 31.3. The summed E-state index contributed by atoms with van der Waals surface area (Å²) in [6, 6.07) is 0. The largest absolute Gasteiger partial charge is 0.462 e. The first kappa shape index (κ1) is 72.3. The van der Waals surface area contributed by atoms with Gasteiger partial charge in [-0.1, -0.05) is 244 Å². The normalized spacial score (nSPS) is 13.1. The SMILES string of the molecule is CC/C=C\C/C=C\C/C=C\C/C=C\C/C=C\C/C=C\C/C=C\C/C=C\C/C=C\CCCCCC(=O)OCC(COC(=O)CCCCCCC/C=C\CCCCCC)OC(=O)CCCCCCC/C=C\C/C=C\CCCCC. The van der Waals surface area contributed by atoms with Crippen molar-refractivity contribution in [1.82, 2.24) is 0 Å². The van der Waals surface area contributed by atoms with Crippen molar-refractivity contribution in [3.05, 3.63) is 146 Å². The van der Waals surface area contributed by atoms with Crippen LogP contribution in [0.2, 0.25) is 0 Å². The van der Waals surface area contributed by atoms with Crippen molar-refractivity contribution in [3.63, 3.8) is 0 Å². The Morgan fingerprint density at radius 3 is 0.844 bits per heavy atom. The van der Waals surface area contributed by atoms with Crippen LogP contribution in [-0.2, 0) is 28.6 Å². The smallest absolute Gasteiger partial charge is 0.306 e. The maximum Gasteiger partial charge on any atom is 0.306 e. The molecule has 77 heavy (non-hydrogen) atoms. The number of esters is 3. The van der Waals surface area contributed by atoms with E-state index in [0.717, 1.165) is 161 Å². The van der Waals surface area contributed by atoms with Crippen LogP contribution in [0.5, 0.6) is 0 Å². The van der Waals surface area contributed by atoms with E-state index < -0.39 is 6.10 Å². The lowest BCUT2D eigenvalue weighted by Crippen LogP contribution is -2.30. The minimum atomic E-state index is -0.809. The second-order valence-electron chi connectivity index (χ2n) is 20.2. The summed E-state index contributed by atoms with van der Waals surface area (Å²) >= 11 is 0. The molecule has 1 unspecified atom stereocenters. The number of allylic oxidation sites excluding steroid dienone is 24. The van der Waals surface area contributed by atoms with Crippen molar-refractivity contribution < 1.29 is 28.6 Å². The van der Waals surface area contributed by atoms with Gasteiger partial charge in [0.1, 0.15) is 13.2 Å². The van der Waals surface area contributed by atoms with Crippen LogP contribution in [0, 0.1) is 0 Å². The van der Waals surface area contributed by atoms with Crippen molar-refractivity contribution >= 4 is 17.9 Å². The summed E-state index contributed by atoms with van der Waals surface area (Å²) in [5.74, 6) is -0.962. The molecule has 0 heterocycles. The fourth-order valence-electron chi connectivity index (χ4n) is 8.11. The zero-order valence-corrected chi connectivity index (χ0v) is 49.7. The van der Waals surface area contributed by atoms with Gasteiger partial charge < -0.3 is 14.2 Å². The van der Waals surface area contributed by atoms with E-state index in [9.17, 15) is 14.4 Å². The summed E-state index contributed by atoms with van der Waals surface area (Å²) in [7, 11) is 0. The summed E-state index contributed by atoms with van der Waals surface area (Å²) in [6.45, 7) is 6.43. The lowest BCUT2D eigenvalue weighted by molar-refractivity contribution is -0.167. The van der Waals surface area contributed by atoms with Crippen LogP contribution >= 0.6 is 0 Å². The molecular weight excluding hydrogens is 949 g/mol. The van der Waals surface area contributed by atoms with E-state index in [4.69, 9.17) is 14.2 Å². The highest BCUT2D eigenvalue weighted by molar-refractivity contribution is 5.71. The predicted molar refractivity (Wildman–Crippen MR) is 334 cm³/mol. The fourth-order valence-corrected chi connectivity index (χ4v) is 8.11. The maximum atomic E-state index is 12.9. The third-order valence-corrected chi connectivity index (χ3v) is 12.8. The third kappa shape index (κ3) is 62.0. The van der Waals surface area contributed by atoms with E-state index in [1.807, 2.05) is 0 Å². The minimum absolute atomic E-state index is 0.103. The molecule has 6 heteroatoms. The molecule has 0 fully saturated rings. The van der Waals surface area contributed by atoms with E-state index in [0.29, 0.717) is 19.3 Å². The van der Waals surface area contributed by atoms with Gasteiger partial charge in [-0.3, -0.25) is 14.4 Å². The summed E-state index contributed by atoms with van der Waals surface area (Å²) in [5, 5.41) is 0. The Bertz CT molecular complexity index is 1700. The number of ether oxygens (including phenoxy) is 3. The summed E-state index contributed by atoms with van der Waals surface area (Å²) in [5.41, 5.74) is 0. The Kier molecular flexibility index (Phi) is 59.9. The molecule has 0 spiro atoms. The lowest BCUT2D eigenvalue weighted by Gasteiger charge is -2.18. The van der Waals surface area contributed by atoms with Gasteiger partial charge in [0.25, 0.3) is 0 Å². The standard InChI is InChI=1S/C71H114O6/c1-4-7-10-13-16-19-22-25-27-28-29-30-31-32-33-34-35-36-37-38-39-40-41-42-44-46-49-52-55-58-61-64-70(73)76-67-68(66-75-69(72)63-60-57-54-51-48-45-24-21-18-15-12-9-6-3)77-71(74)65-62-59-56-53-50-47-43-26-23-20-17-14-11-8-5-2/h7,10,16-17,19-21,24-27,29-30,32-33,35-36,38-39,41-43,46,49,68H,4-6,8-9,11-15,18,22-23,28,31,34,37,40,44-45,47-48,50-67H2,1-3H3/b10-7-,19-16-,20-17-,24-21-,27-25-,30-29-,33-32-,36-35-,39-38-,42-41-,43-26-,49-46-. The van der Waals surface area contributed by atoms with Gasteiger partial charge in [-0.15, -0.1) is 0 Å². The average Bonchev–Trinajstić information content (AvgIpc) is 3.43. The number of rotatable bonds is 55. The zero-order valence-electron chi connectivity index (χ0n) is 49.7. The Hall–Kier alpha value is -4.71. The van der Waals surface area contributed by atoms with Crippen LogP contribution in [0.1, 0.15) is 265 Å². The molecule has 0 saturated heterocycles. The van der Waals surface area contributed by atoms with E-state index >= 15 is 0 Å². The van der Waals surface area contributed by atoms with Gasteiger partial charge in [-0.2, -0.15) is 0 Å². The third-order valence-electron chi connectivity index (χ3n) is 12.8. The number of carbonyl (C=O) groups is 3. The van der Waals surface area contributed by atoms with Crippen molar-refractivity contribution in [2.45, 2.75) is 271 Å². The van der Waals surface area contributed by atoms with Gasteiger partial charge in [-0.05, 0) is 148 Å². The van der Waals surface area contributed by atoms with Gasteiger partial charge in [0.15, 0.2) is 6.10 Å². The second kappa shape index (κ2) is 63.8. The number of hydrogen-bond acceptors (Lipinski definition) is 6. The van der Waals surface area contributed by atoms with Crippen molar-refractivity contribution in [2.75, 3.05) is 13.2 Å². The highest BCUT2D eigenvalue weighted by Gasteiger charge is 2.19. The molecule has 0 radical (unpaired) electrons. The fraction of sp³-hybridized carbons (Fsp3) is 0.620. The van der Waals surface area contributed by atoms with Crippen molar-refractivity contribution in [3.8, 4) is 0 Å². The van der Waals surface area contributed by atoms with Crippen molar-refractivity contribution in [1.29, 1.82) is 0 Å². The van der Waals surface area contributed by atoms with Gasteiger partial charge in [-0.25, -0.2) is 0 Å². The molecule has 0 aromatic carbocycles. The minimum Gasteiger partial charge on any atom is -0.462 e. The molecule has 0 rings (SSSR count). The highest BCUT2D eigenvalue weighted by Crippen LogP contribution is 2.13. The molecular formula is C71H114O6. The molecule has 0 aromatic heterocycles. The Morgan fingerprint density at radius 1 is 0.273 bits per heavy atom. The number of unbranched alkanes of at least 4 members (excludes halogenated alkanes) is 20. The molecule has 1 atom stereocenters. The van der Waals surface area contributed by atoms with Crippen LogP contribution in [-0.4, -0.2) is 37.2 Å². The van der Waals surface area contributed by atoms with Gasteiger partial charge in [0, 0.05) is 19.3 Å². The monoisotopic (exact) mass is 1060 g/mol. The Balaban J connectivity index is 4.40. The summed E-state index contributed by atoms with van der Waals surface area (Å²) in [4.78, 5) is 38.2. The number of carbonyl (C=O) groups excluding carboxylic acids is 3. The van der Waals surface area contributed by atoms with Crippen LogP contribution in [0.4, 0.5) is 0 Å². The number of hydrogen-bond donors (Lipinski definition) is 0. The summed E-state index contributed by atoms with van der Waals surface area (Å²) < 4.78 is 16.8. The highest BCUT2D eigenvalue weighted by atomic mass is 16.6. The summed E-state index contributed by atoms with van der Waals surface area (Å²) in [6.07, 6.45) is 91.3. The quantitative estimate of drug-likeness (QED) is 0.0261. The lowest BCUT2D eigenvalue weighted by atomic mass is 10.1. The molecule has 0 aromatic rings. The molecule has 6 nitrogen and oxygen atoms in total. The van der Waals surface area contributed by atoms with E-state index in [1.54, 1.807) is 0 Å². The van der Waals surface area contributed by atoms with Crippen molar-refractivity contribution in [2.24, 2.45) is 0 Å². The Labute approximate surface area is 474 Å². The molecule has 0 amide bonds. The van der Waals surface area contributed by atoms with Crippen LogP contribution in [0.25, 0.3) is 0 Å². The molecule has 434 valence electrons. The van der Waals surface area contributed by atoms with E-state index in [2.05, 4.69) is 167 Å². The molecule has 0 bridgehead atoms. The maximum absolute atomic E-state index is 12.9. The molecule has 0 saturated carbocycles. The Morgan fingerprint density at radius 2 is 0.506 bits per heavy atom. The van der Waals surface area contributed by atoms with Crippen LogP contribution in [0.3, 0.4) is 0 Å². The van der Waals surface area contributed by atoms with Crippen LogP contribution < -0.4 is 0 Å². The topological polar surface area (TPSA) is 78.9 Å². The first-order valence-corrected chi connectivity index (χ1v) is 31.3.